The maximum Gasteiger partial charge on any atom is 0.0912 e. The van der Waals surface area contributed by atoms with Crippen LogP contribution in [0.1, 0.15) is 50.8 Å². The van der Waals surface area contributed by atoms with Gasteiger partial charge in [-0.25, -0.2) is 0 Å². The second kappa shape index (κ2) is 5.02. The van der Waals surface area contributed by atoms with Crippen LogP contribution in [-0.4, -0.2) is 15.3 Å². The number of rotatable bonds is 5. The first-order valence-corrected chi connectivity index (χ1v) is 7.60. The van der Waals surface area contributed by atoms with Crippen molar-refractivity contribution in [3.05, 3.63) is 11.9 Å². The molecule has 0 radical (unpaired) electrons. The van der Waals surface area contributed by atoms with Gasteiger partial charge in [0.25, 0.3) is 0 Å². The molecule has 2 aliphatic rings. The van der Waals surface area contributed by atoms with E-state index < -0.39 is 0 Å². The summed E-state index contributed by atoms with van der Waals surface area (Å²) in [4.78, 5) is 0. The third-order valence-electron chi connectivity index (χ3n) is 4.61. The van der Waals surface area contributed by atoms with E-state index in [1.54, 1.807) is 0 Å². The highest BCUT2D eigenvalue weighted by molar-refractivity contribution is 6.99. The van der Waals surface area contributed by atoms with Crippen molar-refractivity contribution in [2.45, 2.75) is 45.1 Å². The van der Waals surface area contributed by atoms with E-state index in [-0.39, 0.29) is 0 Å². The predicted molar refractivity (Wildman–Crippen MR) is 69.9 cm³/mol. The van der Waals surface area contributed by atoms with Gasteiger partial charge in [0, 0.05) is 0 Å². The maximum absolute atomic E-state index is 4.41. The molecule has 1 heterocycles. The lowest BCUT2D eigenvalue weighted by Crippen LogP contribution is -2.25. The monoisotopic (exact) mass is 251 g/mol. The van der Waals surface area contributed by atoms with Crippen LogP contribution in [0, 0.1) is 17.8 Å². The van der Waals surface area contributed by atoms with Crippen molar-refractivity contribution in [1.82, 2.24) is 14.1 Å². The molecule has 0 amide bonds. The molecule has 4 unspecified atom stereocenters. The molecule has 3 nitrogen and oxygen atoms in total. The summed E-state index contributed by atoms with van der Waals surface area (Å²) in [7, 11) is 0. The van der Waals surface area contributed by atoms with Crippen LogP contribution < -0.4 is 5.32 Å². The second-order valence-corrected chi connectivity index (χ2v) is 6.17. The van der Waals surface area contributed by atoms with Crippen molar-refractivity contribution in [3.8, 4) is 0 Å². The van der Waals surface area contributed by atoms with Gasteiger partial charge in [-0.1, -0.05) is 13.3 Å². The van der Waals surface area contributed by atoms with Gasteiger partial charge in [0.15, 0.2) is 0 Å². The minimum absolute atomic E-state index is 0.433. The number of hydrogen-bond acceptors (Lipinski definition) is 4. The SMILES string of the molecule is CCNC(CC1CC2CCC1C2)c1cnsn1. The molecule has 2 bridgehead atoms. The van der Waals surface area contributed by atoms with Crippen LogP contribution in [0.5, 0.6) is 0 Å². The van der Waals surface area contributed by atoms with Crippen LogP contribution in [0.25, 0.3) is 0 Å². The fourth-order valence-corrected chi connectivity index (χ4v) is 4.32. The fraction of sp³-hybridized carbons (Fsp3) is 0.846. The van der Waals surface area contributed by atoms with E-state index in [4.69, 9.17) is 0 Å². The number of hydrogen-bond donors (Lipinski definition) is 1. The Morgan fingerprint density at radius 1 is 1.47 bits per heavy atom. The van der Waals surface area contributed by atoms with Crippen LogP contribution in [0.4, 0.5) is 0 Å². The maximum atomic E-state index is 4.41. The minimum atomic E-state index is 0.433. The van der Waals surface area contributed by atoms with Crippen molar-refractivity contribution in [3.63, 3.8) is 0 Å². The van der Waals surface area contributed by atoms with Crippen LogP contribution in [0.3, 0.4) is 0 Å². The lowest BCUT2D eigenvalue weighted by molar-refractivity contribution is 0.279. The van der Waals surface area contributed by atoms with Crippen molar-refractivity contribution in [2.24, 2.45) is 17.8 Å². The summed E-state index contributed by atoms with van der Waals surface area (Å²) in [6.45, 7) is 3.19. The third-order valence-corrected chi connectivity index (χ3v) is 5.10. The van der Waals surface area contributed by atoms with Crippen LogP contribution in [0.15, 0.2) is 6.20 Å². The average Bonchev–Trinajstić information content (AvgIpc) is 3.06. The molecule has 1 N–H and O–H groups in total. The van der Waals surface area contributed by atoms with E-state index in [2.05, 4.69) is 21.0 Å². The molecule has 1 aromatic heterocycles. The second-order valence-electron chi connectivity index (χ2n) is 5.61. The molecule has 94 valence electrons. The Kier molecular flexibility index (Phi) is 3.43. The standard InChI is InChI=1S/C13H21N3S/c1-2-14-12(13-8-15-17-16-13)7-11-6-9-3-4-10(11)5-9/h8-12,14H,2-7H2,1H3. The summed E-state index contributed by atoms with van der Waals surface area (Å²) in [5, 5.41) is 3.58. The van der Waals surface area contributed by atoms with Crippen LogP contribution >= 0.6 is 11.7 Å². The zero-order chi connectivity index (χ0) is 11.7. The van der Waals surface area contributed by atoms with Gasteiger partial charge in [-0.3, -0.25) is 0 Å². The number of nitrogens with zero attached hydrogens (tertiary/aromatic N) is 2. The molecule has 0 saturated heterocycles. The van der Waals surface area contributed by atoms with Gasteiger partial charge in [0.2, 0.25) is 0 Å². The lowest BCUT2D eigenvalue weighted by atomic mass is 9.83. The van der Waals surface area contributed by atoms with E-state index in [1.165, 1.54) is 43.8 Å². The van der Waals surface area contributed by atoms with Crippen LogP contribution in [-0.2, 0) is 0 Å². The van der Waals surface area contributed by atoms with E-state index in [9.17, 15) is 0 Å². The highest BCUT2D eigenvalue weighted by Crippen LogP contribution is 2.50. The molecule has 2 saturated carbocycles. The van der Waals surface area contributed by atoms with Crippen molar-refractivity contribution in [1.29, 1.82) is 0 Å². The number of fused-ring (bicyclic) bond motifs is 2. The van der Waals surface area contributed by atoms with E-state index in [1.807, 2.05) is 6.20 Å². The number of aromatic nitrogens is 2. The Morgan fingerprint density at radius 2 is 2.41 bits per heavy atom. The molecular formula is C13H21N3S. The Labute approximate surface area is 107 Å². The predicted octanol–water partition coefficient (Wildman–Crippen LogP) is 3.02. The molecular weight excluding hydrogens is 230 g/mol. The average molecular weight is 251 g/mol. The summed E-state index contributed by atoms with van der Waals surface area (Å²) in [5.74, 6) is 2.98. The topological polar surface area (TPSA) is 37.8 Å². The Bertz CT molecular complexity index is 352. The van der Waals surface area contributed by atoms with Gasteiger partial charge in [0.1, 0.15) is 0 Å². The first-order valence-electron chi connectivity index (χ1n) is 6.87. The fourth-order valence-electron chi connectivity index (χ4n) is 3.85. The van der Waals surface area contributed by atoms with Crippen molar-refractivity contribution in [2.75, 3.05) is 6.54 Å². The summed E-state index contributed by atoms with van der Waals surface area (Å²) >= 11 is 1.33. The van der Waals surface area contributed by atoms with Crippen molar-refractivity contribution < 1.29 is 0 Å². The largest absolute Gasteiger partial charge is 0.309 e. The molecule has 2 aliphatic carbocycles. The summed E-state index contributed by atoms with van der Waals surface area (Å²) < 4.78 is 8.55. The van der Waals surface area contributed by atoms with E-state index >= 15 is 0 Å². The summed E-state index contributed by atoms with van der Waals surface area (Å²) in [6.07, 6.45) is 9.13. The van der Waals surface area contributed by atoms with E-state index in [0.29, 0.717) is 6.04 Å². The van der Waals surface area contributed by atoms with Gasteiger partial charge in [-0.05, 0) is 50.0 Å². The molecule has 1 aromatic rings. The molecule has 3 rings (SSSR count). The Hall–Kier alpha value is -0.480. The lowest BCUT2D eigenvalue weighted by Gasteiger charge is -2.26. The molecule has 2 fully saturated rings. The zero-order valence-corrected chi connectivity index (χ0v) is 11.2. The van der Waals surface area contributed by atoms with Crippen LogP contribution in [0.2, 0.25) is 0 Å². The first-order chi connectivity index (χ1) is 8.36. The van der Waals surface area contributed by atoms with Gasteiger partial charge in [0.05, 0.1) is 29.7 Å². The molecule has 0 aromatic carbocycles. The zero-order valence-electron chi connectivity index (χ0n) is 10.4. The van der Waals surface area contributed by atoms with Gasteiger partial charge in [-0.2, -0.15) is 8.75 Å². The Balaban J connectivity index is 1.65. The van der Waals surface area contributed by atoms with Gasteiger partial charge in [-0.15, -0.1) is 0 Å². The molecule has 0 spiro atoms. The summed E-state index contributed by atoms with van der Waals surface area (Å²) in [6, 6.07) is 0.433. The molecule has 4 heteroatoms. The van der Waals surface area contributed by atoms with Gasteiger partial charge < -0.3 is 5.32 Å². The normalized spacial score (nSPS) is 33.1. The molecule has 4 atom stereocenters. The molecule has 0 aliphatic heterocycles. The number of nitrogens with one attached hydrogen (secondary N) is 1. The van der Waals surface area contributed by atoms with E-state index in [0.717, 1.165) is 30.0 Å². The van der Waals surface area contributed by atoms with Gasteiger partial charge >= 0.3 is 0 Å². The molecule has 17 heavy (non-hydrogen) atoms. The Morgan fingerprint density at radius 3 is 3.00 bits per heavy atom. The first kappa shape index (κ1) is 11.6. The minimum Gasteiger partial charge on any atom is -0.309 e. The van der Waals surface area contributed by atoms with Crippen molar-refractivity contribution >= 4 is 11.7 Å². The third kappa shape index (κ3) is 2.38. The quantitative estimate of drug-likeness (QED) is 0.874. The smallest absolute Gasteiger partial charge is 0.0912 e. The highest BCUT2D eigenvalue weighted by atomic mass is 32.1. The highest BCUT2D eigenvalue weighted by Gasteiger charge is 2.40. The summed E-state index contributed by atoms with van der Waals surface area (Å²) in [5.41, 5.74) is 1.15.